The van der Waals surface area contributed by atoms with Gasteiger partial charge in [-0.1, -0.05) is 18.2 Å². The molecule has 4 rings (SSSR count). The van der Waals surface area contributed by atoms with E-state index in [9.17, 15) is 0 Å². The lowest BCUT2D eigenvalue weighted by Gasteiger charge is -2.29. The minimum Gasteiger partial charge on any atom is -0.379 e. The second-order valence-corrected chi connectivity index (χ2v) is 6.30. The zero-order valence-electron chi connectivity index (χ0n) is 14.4. The highest BCUT2D eigenvalue weighted by molar-refractivity contribution is 6.02. The number of nitrogens with one attached hydrogen (secondary N) is 1. The molecule has 0 unspecified atom stereocenters. The average Bonchev–Trinajstić information content (AvgIpc) is 2.68. The van der Waals surface area contributed by atoms with Crippen molar-refractivity contribution in [2.75, 3.05) is 36.5 Å². The second-order valence-electron chi connectivity index (χ2n) is 6.30. The number of fused-ring (bicyclic) bond motifs is 1. The molecule has 0 amide bonds. The zero-order chi connectivity index (χ0) is 17.1. The van der Waals surface area contributed by atoms with Crippen LogP contribution in [0.2, 0.25) is 0 Å². The van der Waals surface area contributed by atoms with Crippen LogP contribution in [0.4, 0.5) is 11.5 Å². The van der Waals surface area contributed by atoms with Crippen LogP contribution in [0.5, 0.6) is 0 Å². The third-order valence-electron chi connectivity index (χ3n) is 4.64. The molecule has 5 heteroatoms. The quantitative estimate of drug-likeness (QED) is 0.792. The maximum atomic E-state index is 5.48. The number of morpholine rings is 1. The van der Waals surface area contributed by atoms with Gasteiger partial charge in [-0.3, -0.25) is 4.98 Å². The zero-order valence-corrected chi connectivity index (χ0v) is 14.4. The molecule has 3 aromatic rings. The maximum absolute atomic E-state index is 5.48. The molecular formula is C20H22N4O. The highest BCUT2D eigenvalue weighted by atomic mass is 16.5. The minimum absolute atomic E-state index is 0.754. The lowest BCUT2D eigenvalue weighted by atomic mass is 10.0. The molecular weight excluding hydrogens is 312 g/mol. The molecule has 0 spiro atoms. The Morgan fingerprint density at radius 2 is 1.92 bits per heavy atom. The molecule has 0 atom stereocenters. The van der Waals surface area contributed by atoms with Crippen molar-refractivity contribution in [3.8, 4) is 0 Å². The molecule has 3 heterocycles. The molecule has 0 aliphatic carbocycles. The second kappa shape index (κ2) is 7.07. The summed E-state index contributed by atoms with van der Waals surface area (Å²) in [4.78, 5) is 11.2. The number of benzene rings is 1. The molecule has 5 nitrogen and oxygen atoms in total. The Morgan fingerprint density at radius 1 is 1.12 bits per heavy atom. The predicted molar refractivity (Wildman–Crippen MR) is 101 cm³/mol. The van der Waals surface area contributed by atoms with Crippen LogP contribution >= 0.6 is 0 Å². The standard InChI is InChI=1S/C20H22N4O/c1-15-3-2-4-17-19(15)18(22-13-16-5-7-21-8-6-16)14-23-20(17)24-9-11-25-12-10-24/h2-8,14,22H,9-13H2,1H3. The van der Waals surface area contributed by atoms with Crippen molar-refractivity contribution >= 4 is 22.3 Å². The van der Waals surface area contributed by atoms with Gasteiger partial charge >= 0.3 is 0 Å². The van der Waals surface area contributed by atoms with Crippen molar-refractivity contribution in [2.24, 2.45) is 0 Å². The first-order valence-electron chi connectivity index (χ1n) is 8.67. The van der Waals surface area contributed by atoms with Crippen molar-refractivity contribution < 1.29 is 4.74 Å². The van der Waals surface area contributed by atoms with Crippen molar-refractivity contribution in [3.63, 3.8) is 0 Å². The smallest absolute Gasteiger partial charge is 0.136 e. The van der Waals surface area contributed by atoms with Gasteiger partial charge in [-0.2, -0.15) is 0 Å². The van der Waals surface area contributed by atoms with Crippen LogP contribution in [0.25, 0.3) is 10.8 Å². The average molecular weight is 334 g/mol. The SMILES string of the molecule is Cc1cccc2c(N3CCOCC3)ncc(NCc3ccncc3)c12. The number of hydrogen-bond acceptors (Lipinski definition) is 5. The largest absolute Gasteiger partial charge is 0.379 e. The Kier molecular flexibility index (Phi) is 4.48. The van der Waals surface area contributed by atoms with Gasteiger partial charge in [0, 0.05) is 42.8 Å². The topological polar surface area (TPSA) is 50.3 Å². The molecule has 0 bridgehead atoms. The van der Waals surface area contributed by atoms with Crippen LogP contribution in [-0.2, 0) is 11.3 Å². The van der Waals surface area contributed by atoms with Crippen molar-refractivity contribution in [1.82, 2.24) is 9.97 Å². The molecule has 128 valence electrons. The van der Waals surface area contributed by atoms with Gasteiger partial charge in [0.15, 0.2) is 0 Å². The van der Waals surface area contributed by atoms with Crippen LogP contribution < -0.4 is 10.2 Å². The number of aryl methyl sites for hydroxylation is 1. The Balaban J connectivity index is 1.70. The number of rotatable bonds is 4. The van der Waals surface area contributed by atoms with E-state index >= 15 is 0 Å². The fraction of sp³-hybridized carbons (Fsp3) is 0.300. The van der Waals surface area contributed by atoms with E-state index in [4.69, 9.17) is 9.72 Å². The van der Waals surface area contributed by atoms with Crippen molar-refractivity contribution in [1.29, 1.82) is 0 Å². The molecule has 1 fully saturated rings. The first-order chi connectivity index (χ1) is 12.3. The minimum atomic E-state index is 0.754. The molecule has 25 heavy (non-hydrogen) atoms. The number of ether oxygens (including phenoxy) is 1. The number of aromatic nitrogens is 2. The molecule has 0 saturated carbocycles. The van der Waals surface area contributed by atoms with Gasteiger partial charge in [0.05, 0.1) is 25.1 Å². The molecule has 1 aromatic carbocycles. The summed E-state index contributed by atoms with van der Waals surface area (Å²) in [6, 6.07) is 10.5. The van der Waals surface area contributed by atoms with Gasteiger partial charge in [0.25, 0.3) is 0 Å². The molecule has 1 aliphatic heterocycles. The number of pyridine rings is 2. The van der Waals surface area contributed by atoms with E-state index in [1.807, 2.05) is 30.7 Å². The van der Waals surface area contributed by atoms with E-state index in [1.165, 1.54) is 21.9 Å². The van der Waals surface area contributed by atoms with E-state index < -0.39 is 0 Å². The molecule has 0 radical (unpaired) electrons. The van der Waals surface area contributed by atoms with Gasteiger partial charge in [0.1, 0.15) is 5.82 Å². The summed E-state index contributed by atoms with van der Waals surface area (Å²) in [5.41, 5.74) is 3.53. The number of anilines is 2. The van der Waals surface area contributed by atoms with Crippen molar-refractivity contribution in [3.05, 3.63) is 60.0 Å². The first-order valence-corrected chi connectivity index (χ1v) is 8.67. The molecule has 1 N–H and O–H groups in total. The summed E-state index contributed by atoms with van der Waals surface area (Å²) in [7, 11) is 0. The predicted octanol–water partition coefficient (Wildman–Crippen LogP) is 3.39. The summed E-state index contributed by atoms with van der Waals surface area (Å²) in [6.07, 6.45) is 5.60. The first kappa shape index (κ1) is 15.8. The summed E-state index contributed by atoms with van der Waals surface area (Å²) in [6.45, 7) is 6.21. The van der Waals surface area contributed by atoms with Gasteiger partial charge in [-0.05, 0) is 30.2 Å². The lowest BCUT2D eigenvalue weighted by molar-refractivity contribution is 0.122. The summed E-state index contributed by atoms with van der Waals surface area (Å²) in [5.74, 6) is 1.05. The van der Waals surface area contributed by atoms with Crippen LogP contribution in [-0.4, -0.2) is 36.3 Å². The van der Waals surface area contributed by atoms with Gasteiger partial charge in [0.2, 0.25) is 0 Å². The summed E-state index contributed by atoms with van der Waals surface area (Å²) >= 11 is 0. The number of hydrogen-bond donors (Lipinski definition) is 1. The Hall–Kier alpha value is -2.66. The highest BCUT2D eigenvalue weighted by Crippen LogP contribution is 2.33. The fourth-order valence-electron chi connectivity index (χ4n) is 3.33. The van der Waals surface area contributed by atoms with Crippen LogP contribution in [0, 0.1) is 6.92 Å². The van der Waals surface area contributed by atoms with E-state index in [0.29, 0.717) is 0 Å². The molecule has 1 aliphatic rings. The highest BCUT2D eigenvalue weighted by Gasteiger charge is 2.17. The van der Waals surface area contributed by atoms with Gasteiger partial charge < -0.3 is 15.0 Å². The van der Waals surface area contributed by atoms with E-state index in [2.05, 4.69) is 40.3 Å². The van der Waals surface area contributed by atoms with E-state index in [-0.39, 0.29) is 0 Å². The van der Waals surface area contributed by atoms with Crippen LogP contribution in [0.3, 0.4) is 0 Å². The molecule has 1 saturated heterocycles. The summed E-state index contributed by atoms with van der Waals surface area (Å²) < 4.78 is 5.48. The monoisotopic (exact) mass is 334 g/mol. The Bertz CT molecular complexity index is 860. The Labute approximate surface area is 147 Å². The maximum Gasteiger partial charge on any atom is 0.136 e. The van der Waals surface area contributed by atoms with E-state index in [1.54, 1.807) is 0 Å². The number of nitrogens with zero attached hydrogens (tertiary/aromatic N) is 3. The fourth-order valence-corrected chi connectivity index (χ4v) is 3.33. The molecule has 2 aromatic heterocycles. The normalized spacial score (nSPS) is 14.7. The van der Waals surface area contributed by atoms with Gasteiger partial charge in [-0.15, -0.1) is 0 Å². The van der Waals surface area contributed by atoms with E-state index in [0.717, 1.165) is 44.4 Å². The third kappa shape index (κ3) is 3.28. The van der Waals surface area contributed by atoms with Gasteiger partial charge in [-0.25, -0.2) is 4.98 Å². The summed E-state index contributed by atoms with van der Waals surface area (Å²) in [5, 5.41) is 5.98. The van der Waals surface area contributed by atoms with Crippen LogP contribution in [0.1, 0.15) is 11.1 Å². The van der Waals surface area contributed by atoms with Crippen LogP contribution in [0.15, 0.2) is 48.9 Å². The Morgan fingerprint density at radius 3 is 2.72 bits per heavy atom. The van der Waals surface area contributed by atoms with Crippen molar-refractivity contribution in [2.45, 2.75) is 13.5 Å². The third-order valence-corrected chi connectivity index (χ3v) is 4.64. The lowest BCUT2D eigenvalue weighted by Crippen LogP contribution is -2.36.